The van der Waals surface area contributed by atoms with E-state index in [0.29, 0.717) is 12.0 Å². The molecule has 2 atom stereocenters. The summed E-state index contributed by atoms with van der Waals surface area (Å²) in [7, 11) is 1.32. The van der Waals surface area contributed by atoms with Crippen molar-refractivity contribution < 1.29 is 18.7 Å². The normalized spacial score (nSPS) is 31.1. The number of benzene rings is 1. The van der Waals surface area contributed by atoms with Gasteiger partial charge in [-0.25, -0.2) is 9.18 Å². The zero-order chi connectivity index (χ0) is 12.7. The van der Waals surface area contributed by atoms with Gasteiger partial charge in [-0.1, -0.05) is 18.2 Å². The quantitative estimate of drug-likeness (QED) is 0.598. The van der Waals surface area contributed by atoms with Crippen LogP contribution < -0.4 is 0 Å². The van der Waals surface area contributed by atoms with Crippen LogP contribution in [0.2, 0.25) is 0 Å². The molecule has 2 rings (SSSR count). The molecule has 1 saturated heterocycles. The van der Waals surface area contributed by atoms with Gasteiger partial charge in [-0.2, -0.15) is 0 Å². The Hall–Kier alpha value is -1.42. The summed E-state index contributed by atoms with van der Waals surface area (Å²) < 4.78 is 23.7. The molecule has 4 heteroatoms. The molecule has 1 aromatic carbocycles. The lowest BCUT2D eigenvalue weighted by molar-refractivity contribution is -0.146. The van der Waals surface area contributed by atoms with Crippen molar-refractivity contribution in [3.8, 4) is 0 Å². The van der Waals surface area contributed by atoms with Crippen LogP contribution in [0.1, 0.15) is 19.4 Å². The van der Waals surface area contributed by atoms with E-state index in [4.69, 9.17) is 4.74 Å². The highest BCUT2D eigenvalue weighted by Gasteiger charge is 2.69. The summed E-state index contributed by atoms with van der Waals surface area (Å²) in [6, 6.07) is 6.49. The number of methoxy groups -OCH3 is 1. The lowest BCUT2D eigenvalue weighted by atomic mass is 9.89. The Morgan fingerprint density at radius 1 is 1.41 bits per heavy atom. The number of rotatable bonds is 3. The van der Waals surface area contributed by atoms with Gasteiger partial charge >= 0.3 is 5.97 Å². The molecule has 0 aromatic heterocycles. The summed E-state index contributed by atoms with van der Waals surface area (Å²) in [4.78, 5) is 11.5. The van der Waals surface area contributed by atoms with E-state index in [9.17, 15) is 9.18 Å². The fraction of sp³-hybridized carbons (Fsp3) is 0.462. The molecule has 1 aromatic rings. The molecule has 1 aliphatic heterocycles. The van der Waals surface area contributed by atoms with Crippen molar-refractivity contribution in [1.82, 2.24) is 0 Å². The van der Waals surface area contributed by atoms with Gasteiger partial charge in [0.25, 0.3) is 0 Å². The maximum Gasteiger partial charge on any atom is 0.340 e. The minimum atomic E-state index is -0.968. The Kier molecular flexibility index (Phi) is 2.70. The number of hydrogen-bond acceptors (Lipinski definition) is 3. The SMILES string of the molecule is COC(=O)C1(C)OC1(C)Cc1ccccc1F. The van der Waals surface area contributed by atoms with E-state index in [2.05, 4.69) is 4.74 Å². The van der Waals surface area contributed by atoms with Gasteiger partial charge in [0.2, 0.25) is 0 Å². The van der Waals surface area contributed by atoms with Crippen LogP contribution in [0.5, 0.6) is 0 Å². The second kappa shape index (κ2) is 3.81. The van der Waals surface area contributed by atoms with Crippen LogP contribution in [-0.4, -0.2) is 24.3 Å². The molecule has 92 valence electrons. The largest absolute Gasteiger partial charge is 0.467 e. The first-order valence-corrected chi connectivity index (χ1v) is 5.45. The van der Waals surface area contributed by atoms with Gasteiger partial charge in [-0.15, -0.1) is 0 Å². The highest BCUT2D eigenvalue weighted by Crippen LogP contribution is 2.50. The van der Waals surface area contributed by atoms with Crippen molar-refractivity contribution in [2.45, 2.75) is 31.5 Å². The lowest BCUT2D eigenvalue weighted by Gasteiger charge is -2.11. The molecule has 3 nitrogen and oxygen atoms in total. The average molecular weight is 238 g/mol. The molecule has 0 spiro atoms. The molecular formula is C13H15FO3. The van der Waals surface area contributed by atoms with E-state index >= 15 is 0 Å². The first-order valence-electron chi connectivity index (χ1n) is 5.45. The molecule has 0 aliphatic carbocycles. The van der Waals surface area contributed by atoms with Crippen LogP contribution in [0, 0.1) is 5.82 Å². The summed E-state index contributed by atoms with van der Waals surface area (Å²) in [5.41, 5.74) is -1.12. The monoisotopic (exact) mass is 238 g/mol. The van der Waals surface area contributed by atoms with Gasteiger partial charge in [0, 0.05) is 6.42 Å². The molecule has 0 saturated carbocycles. The summed E-state index contributed by atoms with van der Waals surface area (Å²) in [5, 5.41) is 0. The maximum absolute atomic E-state index is 13.5. The van der Waals surface area contributed by atoms with Crippen LogP contribution in [0.3, 0.4) is 0 Å². The molecular weight excluding hydrogens is 223 g/mol. The Bertz CT molecular complexity index is 460. The molecule has 1 fully saturated rings. The predicted molar refractivity (Wildman–Crippen MR) is 60.0 cm³/mol. The minimum absolute atomic E-state index is 0.281. The van der Waals surface area contributed by atoms with E-state index in [1.807, 2.05) is 0 Å². The van der Waals surface area contributed by atoms with Crippen LogP contribution in [0.4, 0.5) is 4.39 Å². The number of ether oxygens (including phenoxy) is 2. The summed E-state index contributed by atoms with van der Waals surface area (Å²) >= 11 is 0. The van der Waals surface area contributed by atoms with E-state index in [1.54, 1.807) is 32.0 Å². The van der Waals surface area contributed by atoms with Gasteiger partial charge < -0.3 is 9.47 Å². The standard InChI is InChI=1S/C13H15FO3/c1-12(13(2,17-12)11(15)16-3)8-9-6-4-5-7-10(9)14/h4-7H,8H2,1-3H3. The number of carbonyl (C=O) groups is 1. The van der Waals surface area contributed by atoms with Crippen molar-refractivity contribution in [2.24, 2.45) is 0 Å². The predicted octanol–water partition coefficient (Wildman–Crippen LogP) is 2.09. The molecule has 1 heterocycles. The van der Waals surface area contributed by atoms with Crippen molar-refractivity contribution >= 4 is 5.97 Å². The molecule has 2 unspecified atom stereocenters. The van der Waals surface area contributed by atoms with Crippen molar-refractivity contribution in [3.63, 3.8) is 0 Å². The first-order chi connectivity index (χ1) is 7.93. The van der Waals surface area contributed by atoms with Crippen LogP contribution in [-0.2, 0) is 20.7 Å². The van der Waals surface area contributed by atoms with E-state index < -0.39 is 17.2 Å². The minimum Gasteiger partial charge on any atom is -0.467 e. The first kappa shape index (κ1) is 12.0. The second-order valence-electron chi connectivity index (χ2n) is 4.63. The van der Waals surface area contributed by atoms with Crippen molar-refractivity contribution in [1.29, 1.82) is 0 Å². The second-order valence-corrected chi connectivity index (χ2v) is 4.63. The number of halogens is 1. The number of carbonyl (C=O) groups excluding carboxylic acids is 1. The van der Waals surface area contributed by atoms with Gasteiger partial charge in [0.05, 0.1) is 7.11 Å². The average Bonchev–Trinajstić information content (AvgIpc) is 2.85. The molecule has 0 bridgehead atoms. The Labute approximate surface area is 99.5 Å². The number of esters is 1. The van der Waals surface area contributed by atoms with Gasteiger partial charge in [0.1, 0.15) is 11.4 Å². The third kappa shape index (κ3) is 1.82. The van der Waals surface area contributed by atoms with E-state index in [-0.39, 0.29) is 5.82 Å². The maximum atomic E-state index is 13.5. The van der Waals surface area contributed by atoms with Crippen LogP contribution in [0.15, 0.2) is 24.3 Å². The highest BCUT2D eigenvalue weighted by molar-refractivity contribution is 5.84. The smallest absolute Gasteiger partial charge is 0.340 e. The van der Waals surface area contributed by atoms with Crippen LogP contribution >= 0.6 is 0 Å². The third-order valence-electron chi connectivity index (χ3n) is 3.46. The third-order valence-corrected chi connectivity index (χ3v) is 3.46. The van der Waals surface area contributed by atoms with Gasteiger partial charge in [-0.3, -0.25) is 0 Å². The van der Waals surface area contributed by atoms with Crippen molar-refractivity contribution in [2.75, 3.05) is 7.11 Å². The molecule has 1 aliphatic rings. The molecule has 0 N–H and O–H groups in total. The van der Waals surface area contributed by atoms with Crippen LogP contribution in [0.25, 0.3) is 0 Å². The molecule has 0 amide bonds. The highest BCUT2D eigenvalue weighted by atomic mass is 19.1. The number of hydrogen-bond donors (Lipinski definition) is 0. The Balaban J connectivity index is 2.17. The Morgan fingerprint density at radius 3 is 2.65 bits per heavy atom. The summed E-state index contributed by atoms with van der Waals surface area (Å²) in [6.45, 7) is 3.45. The fourth-order valence-corrected chi connectivity index (χ4v) is 2.09. The Morgan fingerprint density at radius 2 is 2.06 bits per heavy atom. The lowest BCUT2D eigenvalue weighted by Crippen LogP contribution is -2.32. The number of epoxide rings is 1. The zero-order valence-electron chi connectivity index (χ0n) is 10.1. The van der Waals surface area contributed by atoms with Crippen molar-refractivity contribution in [3.05, 3.63) is 35.6 Å². The zero-order valence-corrected chi connectivity index (χ0v) is 10.1. The van der Waals surface area contributed by atoms with Gasteiger partial charge in [-0.05, 0) is 25.5 Å². The van der Waals surface area contributed by atoms with E-state index in [0.717, 1.165) is 0 Å². The van der Waals surface area contributed by atoms with Gasteiger partial charge in [0.15, 0.2) is 5.60 Å². The summed E-state index contributed by atoms with van der Waals surface area (Å²) in [5.74, 6) is -0.701. The fourth-order valence-electron chi connectivity index (χ4n) is 2.09. The topological polar surface area (TPSA) is 38.8 Å². The molecule has 17 heavy (non-hydrogen) atoms. The van der Waals surface area contributed by atoms with E-state index in [1.165, 1.54) is 13.2 Å². The molecule has 0 radical (unpaired) electrons. The summed E-state index contributed by atoms with van der Waals surface area (Å²) in [6.07, 6.45) is 0.352.